The van der Waals surface area contributed by atoms with Crippen LogP contribution in [0.15, 0.2) is 5.51 Å². The summed E-state index contributed by atoms with van der Waals surface area (Å²) in [6.45, 7) is 9.46. The van der Waals surface area contributed by atoms with Crippen molar-refractivity contribution in [3.63, 3.8) is 0 Å². The monoisotopic (exact) mass is 242 g/mol. The van der Waals surface area contributed by atoms with E-state index < -0.39 is 0 Å². The molecule has 0 bridgehead atoms. The molecule has 0 aromatic carbocycles. The van der Waals surface area contributed by atoms with E-state index in [1.54, 1.807) is 11.3 Å². The number of hydrogen-bond donors (Lipinski definition) is 2. The minimum Gasteiger partial charge on any atom is -0.396 e. The third kappa shape index (κ3) is 3.27. The van der Waals surface area contributed by atoms with Crippen molar-refractivity contribution in [2.75, 3.05) is 13.2 Å². The van der Waals surface area contributed by atoms with E-state index in [4.69, 9.17) is 0 Å². The molecule has 2 N–H and O–H groups in total. The van der Waals surface area contributed by atoms with Gasteiger partial charge in [-0.05, 0) is 20.3 Å². The quantitative estimate of drug-likeness (QED) is 0.805. The van der Waals surface area contributed by atoms with Crippen molar-refractivity contribution in [2.45, 2.75) is 40.2 Å². The maximum Gasteiger partial charge on any atom is 0.0798 e. The third-order valence-corrected chi connectivity index (χ3v) is 4.36. The topological polar surface area (TPSA) is 45.1 Å². The zero-order valence-electron chi connectivity index (χ0n) is 10.6. The predicted octanol–water partition coefficient (Wildman–Crippen LogP) is 2.51. The summed E-state index contributed by atoms with van der Waals surface area (Å²) >= 11 is 1.69. The zero-order valence-corrected chi connectivity index (χ0v) is 11.4. The van der Waals surface area contributed by atoms with Crippen molar-refractivity contribution in [1.29, 1.82) is 0 Å². The van der Waals surface area contributed by atoms with E-state index in [0.29, 0.717) is 6.04 Å². The Morgan fingerprint density at radius 2 is 2.31 bits per heavy atom. The van der Waals surface area contributed by atoms with Crippen LogP contribution in [-0.2, 0) is 0 Å². The number of aromatic nitrogens is 1. The minimum atomic E-state index is -0.0210. The molecule has 1 aromatic rings. The number of aliphatic hydroxyl groups is 1. The van der Waals surface area contributed by atoms with Crippen LogP contribution in [0, 0.1) is 12.3 Å². The van der Waals surface area contributed by atoms with Crippen LogP contribution in [-0.4, -0.2) is 23.2 Å². The normalized spacial score (nSPS) is 17.1. The Hall–Kier alpha value is -0.450. The van der Waals surface area contributed by atoms with E-state index in [9.17, 15) is 5.11 Å². The number of aryl methyl sites for hydroxylation is 1. The number of aliphatic hydroxyl groups excluding tert-OH is 1. The molecule has 0 fully saturated rings. The van der Waals surface area contributed by atoms with Crippen molar-refractivity contribution >= 4 is 11.3 Å². The molecule has 1 aromatic heterocycles. The molecule has 0 saturated heterocycles. The van der Waals surface area contributed by atoms with Crippen molar-refractivity contribution in [1.82, 2.24) is 10.3 Å². The lowest BCUT2D eigenvalue weighted by Gasteiger charge is -2.27. The minimum absolute atomic E-state index is 0.0210. The highest BCUT2D eigenvalue weighted by Crippen LogP contribution is 2.24. The first kappa shape index (κ1) is 13.6. The van der Waals surface area contributed by atoms with E-state index >= 15 is 0 Å². The fraction of sp³-hybridized carbons (Fsp3) is 0.750. The van der Waals surface area contributed by atoms with Crippen LogP contribution >= 0.6 is 11.3 Å². The predicted molar refractivity (Wildman–Crippen MR) is 68.8 cm³/mol. The first-order chi connectivity index (χ1) is 7.52. The summed E-state index contributed by atoms with van der Waals surface area (Å²) in [6, 6.07) is 0.310. The maximum atomic E-state index is 9.33. The van der Waals surface area contributed by atoms with Gasteiger partial charge in [-0.2, -0.15) is 0 Å². The smallest absolute Gasteiger partial charge is 0.0798 e. The Bertz CT molecular complexity index is 321. The van der Waals surface area contributed by atoms with E-state index in [2.05, 4.69) is 31.1 Å². The first-order valence-electron chi connectivity index (χ1n) is 5.76. The highest BCUT2D eigenvalue weighted by atomic mass is 32.1. The molecular formula is C12H22N2OS. The van der Waals surface area contributed by atoms with Gasteiger partial charge in [-0.3, -0.25) is 0 Å². The van der Waals surface area contributed by atoms with Crippen LogP contribution in [0.25, 0.3) is 0 Å². The van der Waals surface area contributed by atoms with Gasteiger partial charge < -0.3 is 10.4 Å². The van der Waals surface area contributed by atoms with Crippen molar-refractivity contribution in [3.05, 3.63) is 16.1 Å². The molecule has 0 aliphatic carbocycles. The lowest BCUT2D eigenvalue weighted by atomic mass is 9.88. The molecular weight excluding hydrogens is 220 g/mol. The number of hydrogen-bond acceptors (Lipinski definition) is 4. The molecule has 1 heterocycles. The SMILES string of the molecule is CCC(C)(CO)CNC(C)c1scnc1C. The van der Waals surface area contributed by atoms with Crippen LogP contribution in [0.2, 0.25) is 0 Å². The highest BCUT2D eigenvalue weighted by Gasteiger charge is 2.22. The van der Waals surface area contributed by atoms with Crippen LogP contribution in [0.4, 0.5) is 0 Å². The third-order valence-electron chi connectivity index (χ3n) is 3.25. The molecule has 0 radical (unpaired) electrons. The number of thiazole rings is 1. The van der Waals surface area contributed by atoms with Gasteiger partial charge in [0.15, 0.2) is 0 Å². The average Bonchev–Trinajstić information content (AvgIpc) is 2.72. The summed E-state index contributed by atoms with van der Waals surface area (Å²) in [4.78, 5) is 5.54. The summed E-state index contributed by atoms with van der Waals surface area (Å²) in [6.07, 6.45) is 0.977. The van der Waals surface area contributed by atoms with Crippen molar-refractivity contribution in [3.8, 4) is 0 Å². The number of nitrogens with one attached hydrogen (secondary N) is 1. The van der Waals surface area contributed by atoms with Gasteiger partial charge in [0, 0.05) is 29.5 Å². The van der Waals surface area contributed by atoms with Gasteiger partial charge in [0.25, 0.3) is 0 Å². The van der Waals surface area contributed by atoms with Crippen molar-refractivity contribution in [2.24, 2.45) is 5.41 Å². The molecule has 4 heteroatoms. The molecule has 2 unspecified atom stereocenters. The molecule has 2 atom stereocenters. The highest BCUT2D eigenvalue weighted by molar-refractivity contribution is 7.09. The van der Waals surface area contributed by atoms with Crippen LogP contribution < -0.4 is 5.32 Å². The average molecular weight is 242 g/mol. The maximum absolute atomic E-state index is 9.33. The van der Waals surface area contributed by atoms with Gasteiger partial charge in [0.2, 0.25) is 0 Å². The molecule has 0 aliphatic rings. The van der Waals surface area contributed by atoms with Gasteiger partial charge in [-0.25, -0.2) is 4.98 Å². The van der Waals surface area contributed by atoms with E-state index in [1.165, 1.54) is 4.88 Å². The number of rotatable bonds is 6. The zero-order chi connectivity index (χ0) is 12.2. The van der Waals surface area contributed by atoms with Gasteiger partial charge in [0.1, 0.15) is 0 Å². The second-order valence-corrected chi connectivity index (χ2v) is 5.61. The Morgan fingerprint density at radius 1 is 1.62 bits per heavy atom. The second kappa shape index (κ2) is 5.75. The van der Waals surface area contributed by atoms with Gasteiger partial charge in [0.05, 0.1) is 11.2 Å². The van der Waals surface area contributed by atoms with Crippen molar-refractivity contribution < 1.29 is 5.11 Å². The van der Waals surface area contributed by atoms with E-state index in [1.807, 2.05) is 12.4 Å². The molecule has 0 amide bonds. The Kier molecular flexibility index (Phi) is 4.89. The summed E-state index contributed by atoms with van der Waals surface area (Å²) in [5.74, 6) is 0. The fourth-order valence-corrected chi connectivity index (χ4v) is 2.35. The van der Waals surface area contributed by atoms with E-state index in [-0.39, 0.29) is 12.0 Å². The van der Waals surface area contributed by atoms with Gasteiger partial charge >= 0.3 is 0 Å². The summed E-state index contributed by atoms with van der Waals surface area (Å²) in [5.41, 5.74) is 2.97. The molecule has 92 valence electrons. The van der Waals surface area contributed by atoms with Gasteiger partial charge in [-0.1, -0.05) is 13.8 Å². The summed E-state index contributed by atoms with van der Waals surface area (Å²) < 4.78 is 0. The van der Waals surface area contributed by atoms with Crippen LogP contribution in [0.1, 0.15) is 43.8 Å². The Morgan fingerprint density at radius 3 is 2.75 bits per heavy atom. The molecule has 0 aliphatic heterocycles. The molecule has 3 nitrogen and oxygen atoms in total. The van der Waals surface area contributed by atoms with Crippen LogP contribution in [0.3, 0.4) is 0 Å². The molecule has 1 rings (SSSR count). The number of nitrogens with zero attached hydrogens (tertiary/aromatic N) is 1. The molecule has 16 heavy (non-hydrogen) atoms. The van der Waals surface area contributed by atoms with Crippen LogP contribution in [0.5, 0.6) is 0 Å². The second-order valence-electron chi connectivity index (χ2n) is 4.73. The molecule has 0 saturated carbocycles. The fourth-order valence-electron chi connectivity index (χ4n) is 1.51. The largest absolute Gasteiger partial charge is 0.396 e. The van der Waals surface area contributed by atoms with Gasteiger partial charge in [-0.15, -0.1) is 11.3 Å². The first-order valence-corrected chi connectivity index (χ1v) is 6.64. The summed E-state index contributed by atoms with van der Waals surface area (Å²) in [7, 11) is 0. The Labute approximate surface area is 102 Å². The summed E-state index contributed by atoms with van der Waals surface area (Å²) in [5, 5.41) is 12.8. The Balaban J connectivity index is 2.53. The lowest BCUT2D eigenvalue weighted by Crippen LogP contribution is -2.35. The lowest BCUT2D eigenvalue weighted by molar-refractivity contribution is 0.132. The van der Waals surface area contributed by atoms with E-state index in [0.717, 1.165) is 18.7 Å². The molecule has 0 spiro atoms. The standard InChI is InChI=1S/C12H22N2OS/c1-5-12(4,7-15)6-13-9(2)11-10(3)14-8-16-11/h8-9,13,15H,5-7H2,1-4H3.